The van der Waals surface area contributed by atoms with E-state index in [4.69, 9.17) is 0 Å². The van der Waals surface area contributed by atoms with Crippen LogP contribution in [-0.4, -0.2) is 23.0 Å². The summed E-state index contributed by atoms with van der Waals surface area (Å²) in [5, 5.41) is 1.26. The third-order valence-electron chi connectivity index (χ3n) is 3.02. The minimum atomic E-state index is 0.199. The predicted molar refractivity (Wildman–Crippen MR) is 69.9 cm³/mol. The first-order valence-corrected chi connectivity index (χ1v) is 7.05. The van der Waals surface area contributed by atoms with Gasteiger partial charge in [-0.15, -0.1) is 11.3 Å². The van der Waals surface area contributed by atoms with Gasteiger partial charge in [0.15, 0.2) is 0 Å². The highest BCUT2D eigenvalue weighted by Gasteiger charge is 2.19. The van der Waals surface area contributed by atoms with Crippen LogP contribution >= 0.6 is 11.3 Å². The molecule has 1 aliphatic rings. The van der Waals surface area contributed by atoms with Gasteiger partial charge < -0.3 is 0 Å². The number of rotatable bonds is 2. The standard InChI is InChI=1S/C13H22N2S/c1-13(2,3)12-14-9-11(16-12)10-15-7-5-4-6-8-15/h9H,4-8,10H2,1-3H3. The number of thiazole rings is 1. The molecule has 1 aliphatic heterocycles. The summed E-state index contributed by atoms with van der Waals surface area (Å²) >= 11 is 1.88. The Morgan fingerprint density at radius 1 is 1.25 bits per heavy atom. The molecule has 0 N–H and O–H groups in total. The van der Waals surface area contributed by atoms with Crippen molar-refractivity contribution in [2.45, 2.75) is 52.0 Å². The van der Waals surface area contributed by atoms with Gasteiger partial charge in [-0.05, 0) is 25.9 Å². The first-order chi connectivity index (χ1) is 7.55. The Morgan fingerprint density at radius 3 is 2.50 bits per heavy atom. The smallest absolute Gasteiger partial charge is 0.0981 e. The van der Waals surface area contributed by atoms with Crippen LogP contribution in [0.15, 0.2) is 6.20 Å². The Kier molecular flexibility index (Phi) is 3.65. The number of hydrogen-bond acceptors (Lipinski definition) is 3. The van der Waals surface area contributed by atoms with Crippen molar-refractivity contribution >= 4 is 11.3 Å². The van der Waals surface area contributed by atoms with Gasteiger partial charge in [0.2, 0.25) is 0 Å². The van der Waals surface area contributed by atoms with Gasteiger partial charge in [-0.2, -0.15) is 0 Å². The predicted octanol–water partition coefficient (Wildman–Crippen LogP) is 3.43. The van der Waals surface area contributed by atoms with Gasteiger partial charge in [-0.25, -0.2) is 4.98 Å². The molecular weight excluding hydrogens is 216 g/mol. The average Bonchev–Trinajstić information content (AvgIpc) is 2.67. The van der Waals surface area contributed by atoms with E-state index in [0.717, 1.165) is 6.54 Å². The van der Waals surface area contributed by atoms with Gasteiger partial charge in [0.05, 0.1) is 5.01 Å². The normalized spacial score (nSPS) is 18.9. The largest absolute Gasteiger partial charge is 0.298 e. The first kappa shape index (κ1) is 12.1. The van der Waals surface area contributed by atoms with Crippen LogP contribution in [0.4, 0.5) is 0 Å². The van der Waals surface area contributed by atoms with Crippen molar-refractivity contribution in [1.29, 1.82) is 0 Å². The van der Waals surface area contributed by atoms with E-state index in [0.29, 0.717) is 0 Å². The molecule has 2 rings (SSSR count). The Labute approximate surface area is 103 Å². The fourth-order valence-electron chi connectivity index (χ4n) is 2.07. The molecule has 1 fully saturated rings. The number of hydrogen-bond donors (Lipinski definition) is 0. The highest BCUT2D eigenvalue weighted by molar-refractivity contribution is 7.11. The molecule has 0 amide bonds. The molecule has 0 saturated carbocycles. The minimum Gasteiger partial charge on any atom is -0.298 e. The molecule has 0 aliphatic carbocycles. The van der Waals surface area contributed by atoms with E-state index in [1.165, 1.54) is 42.2 Å². The molecule has 0 bridgehead atoms. The average molecular weight is 238 g/mol. The zero-order chi connectivity index (χ0) is 11.6. The van der Waals surface area contributed by atoms with E-state index < -0.39 is 0 Å². The number of aromatic nitrogens is 1. The van der Waals surface area contributed by atoms with Crippen molar-refractivity contribution in [3.8, 4) is 0 Å². The molecule has 0 atom stereocenters. The Morgan fingerprint density at radius 2 is 1.94 bits per heavy atom. The fraction of sp³-hybridized carbons (Fsp3) is 0.769. The topological polar surface area (TPSA) is 16.1 Å². The van der Waals surface area contributed by atoms with Gasteiger partial charge in [0, 0.05) is 23.0 Å². The summed E-state index contributed by atoms with van der Waals surface area (Å²) in [7, 11) is 0. The second-order valence-electron chi connectivity index (χ2n) is 5.72. The van der Waals surface area contributed by atoms with Crippen molar-refractivity contribution in [2.24, 2.45) is 0 Å². The van der Waals surface area contributed by atoms with Gasteiger partial charge in [0.25, 0.3) is 0 Å². The van der Waals surface area contributed by atoms with Crippen LogP contribution in [0.2, 0.25) is 0 Å². The van der Waals surface area contributed by atoms with Crippen LogP contribution in [0.25, 0.3) is 0 Å². The van der Waals surface area contributed by atoms with Crippen LogP contribution in [0.3, 0.4) is 0 Å². The first-order valence-electron chi connectivity index (χ1n) is 6.23. The van der Waals surface area contributed by atoms with Gasteiger partial charge >= 0.3 is 0 Å². The van der Waals surface area contributed by atoms with Crippen LogP contribution in [0.1, 0.15) is 49.9 Å². The zero-order valence-electron chi connectivity index (χ0n) is 10.6. The summed E-state index contributed by atoms with van der Waals surface area (Å²) in [4.78, 5) is 8.53. The third kappa shape index (κ3) is 3.05. The van der Waals surface area contributed by atoms with Crippen molar-refractivity contribution in [1.82, 2.24) is 9.88 Å². The zero-order valence-corrected chi connectivity index (χ0v) is 11.4. The van der Waals surface area contributed by atoms with Gasteiger partial charge in [-0.1, -0.05) is 27.2 Å². The fourth-order valence-corrected chi connectivity index (χ4v) is 3.08. The van der Waals surface area contributed by atoms with Crippen molar-refractivity contribution < 1.29 is 0 Å². The molecule has 1 aromatic heterocycles. The van der Waals surface area contributed by atoms with E-state index >= 15 is 0 Å². The van der Waals surface area contributed by atoms with Crippen LogP contribution in [0.5, 0.6) is 0 Å². The van der Waals surface area contributed by atoms with Crippen molar-refractivity contribution in [2.75, 3.05) is 13.1 Å². The summed E-state index contributed by atoms with van der Waals surface area (Å²) in [5.74, 6) is 0. The molecule has 2 nitrogen and oxygen atoms in total. The molecule has 0 spiro atoms. The Bertz CT molecular complexity index is 332. The lowest BCUT2D eigenvalue weighted by atomic mass is 9.98. The molecule has 3 heteroatoms. The number of likely N-dealkylation sites (tertiary alicyclic amines) is 1. The lowest BCUT2D eigenvalue weighted by Gasteiger charge is -2.25. The molecule has 0 unspecified atom stereocenters. The molecule has 1 aromatic rings. The summed E-state index contributed by atoms with van der Waals surface area (Å²) in [6.07, 6.45) is 6.21. The van der Waals surface area contributed by atoms with E-state index in [1.807, 2.05) is 11.3 Å². The third-order valence-corrected chi connectivity index (χ3v) is 4.43. The SMILES string of the molecule is CC(C)(C)c1ncc(CN2CCCCC2)s1. The number of piperidine rings is 1. The Balaban J connectivity index is 1.97. The maximum absolute atomic E-state index is 4.54. The maximum atomic E-state index is 4.54. The summed E-state index contributed by atoms with van der Waals surface area (Å²) < 4.78 is 0. The molecule has 0 aromatic carbocycles. The minimum absolute atomic E-state index is 0.199. The quantitative estimate of drug-likeness (QED) is 0.785. The molecule has 1 saturated heterocycles. The highest BCUT2D eigenvalue weighted by atomic mass is 32.1. The second kappa shape index (κ2) is 4.84. The van der Waals surface area contributed by atoms with E-state index in [-0.39, 0.29) is 5.41 Å². The molecular formula is C13H22N2S. The summed E-state index contributed by atoms with van der Waals surface area (Å²) in [6.45, 7) is 10.3. The molecule has 2 heterocycles. The second-order valence-corrected chi connectivity index (χ2v) is 6.83. The van der Waals surface area contributed by atoms with E-state index in [9.17, 15) is 0 Å². The van der Waals surface area contributed by atoms with E-state index in [2.05, 4.69) is 36.9 Å². The van der Waals surface area contributed by atoms with Gasteiger partial charge in [-0.3, -0.25) is 4.90 Å². The van der Waals surface area contributed by atoms with Crippen LogP contribution in [-0.2, 0) is 12.0 Å². The highest BCUT2D eigenvalue weighted by Crippen LogP contribution is 2.27. The van der Waals surface area contributed by atoms with Crippen LogP contribution < -0.4 is 0 Å². The lowest BCUT2D eigenvalue weighted by molar-refractivity contribution is 0.222. The van der Waals surface area contributed by atoms with Crippen LogP contribution in [0, 0.1) is 0 Å². The Hall–Kier alpha value is -0.410. The number of nitrogens with zero attached hydrogens (tertiary/aromatic N) is 2. The van der Waals surface area contributed by atoms with Crippen molar-refractivity contribution in [3.05, 3.63) is 16.1 Å². The van der Waals surface area contributed by atoms with E-state index in [1.54, 1.807) is 0 Å². The molecule has 0 radical (unpaired) electrons. The van der Waals surface area contributed by atoms with Crippen molar-refractivity contribution in [3.63, 3.8) is 0 Å². The molecule has 90 valence electrons. The summed E-state index contributed by atoms with van der Waals surface area (Å²) in [6, 6.07) is 0. The molecule has 16 heavy (non-hydrogen) atoms. The monoisotopic (exact) mass is 238 g/mol. The van der Waals surface area contributed by atoms with Gasteiger partial charge in [0.1, 0.15) is 0 Å². The maximum Gasteiger partial charge on any atom is 0.0981 e. The lowest BCUT2D eigenvalue weighted by Crippen LogP contribution is -2.28. The summed E-state index contributed by atoms with van der Waals surface area (Å²) in [5.41, 5.74) is 0.199.